The van der Waals surface area contributed by atoms with Gasteiger partial charge in [-0.2, -0.15) is 8.42 Å². The van der Waals surface area contributed by atoms with Crippen LogP contribution >= 0.6 is 0 Å². The van der Waals surface area contributed by atoms with Gasteiger partial charge in [0.05, 0.1) is 14.2 Å². The Morgan fingerprint density at radius 2 is 1.48 bits per heavy atom. The van der Waals surface area contributed by atoms with Gasteiger partial charge in [0, 0.05) is 11.1 Å². The second-order valence-corrected chi connectivity index (χ2v) is 8.01. The van der Waals surface area contributed by atoms with Crippen LogP contribution < -0.4 is 9.47 Å². The van der Waals surface area contributed by atoms with Gasteiger partial charge < -0.3 is 9.47 Å². The van der Waals surface area contributed by atoms with Gasteiger partial charge in [0.2, 0.25) is 0 Å². The van der Waals surface area contributed by atoms with E-state index >= 15 is 0 Å². The Balaban J connectivity index is 2.51. The van der Waals surface area contributed by atoms with Gasteiger partial charge in [-0.25, -0.2) is 0 Å². The average Bonchev–Trinajstić information content (AvgIpc) is 2.60. The minimum atomic E-state index is -4.37. The summed E-state index contributed by atoms with van der Waals surface area (Å²) >= 11 is 0. The van der Waals surface area contributed by atoms with Crippen molar-refractivity contribution in [2.75, 3.05) is 14.2 Å². The van der Waals surface area contributed by atoms with E-state index in [0.29, 0.717) is 22.6 Å². The van der Waals surface area contributed by atoms with E-state index in [4.69, 9.17) is 9.47 Å². The van der Waals surface area contributed by atoms with Crippen molar-refractivity contribution in [2.45, 2.75) is 25.7 Å². The summed E-state index contributed by atoms with van der Waals surface area (Å²) in [5.74, 6) is 1.20. The fraction of sp³-hybridized carbons (Fsp3) is 0.238. The highest BCUT2D eigenvalue weighted by molar-refractivity contribution is 7.86. The molecular formula is C21H22O5S. The highest BCUT2D eigenvalue weighted by atomic mass is 32.2. The van der Waals surface area contributed by atoms with Crippen molar-refractivity contribution >= 4 is 20.9 Å². The van der Waals surface area contributed by atoms with Crippen LogP contribution in [0.15, 0.2) is 41.3 Å². The highest BCUT2D eigenvalue weighted by Crippen LogP contribution is 2.42. The average molecular weight is 386 g/mol. The number of methoxy groups -OCH3 is 2. The number of aryl methyl sites for hydroxylation is 3. The Hall–Kier alpha value is -2.57. The third-order valence-electron chi connectivity index (χ3n) is 4.70. The molecule has 0 saturated heterocycles. The van der Waals surface area contributed by atoms with Crippen molar-refractivity contribution in [1.29, 1.82) is 0 Å². The van der Waals surface area contributed by atoms with E-state index in [9.17, 15) is 13.0 Å². The normalized spacial score (nSPS) is 11.6. The number of hydrogen-bond acceptors (Lipinski definition) is 4. The zero-order chi connectivity index (χ0) is 19.9. The molecule has 0 bridgehead atoms. The topological polar surface area (TPSA) is 72.8 Å². The Labute approximate surface area is 159 Å². The minimum absolute atomic E-state index is 0.118. The first kappa shape index (κ1) is 19.2. The lowest BCUT2D eigenvalue weighted by molar-refractivity contribution is 0.354. The molecule has 0 atom stereocenters. The van der Waals surface area contributed by atoms with E-state index in [2.05, 4.69) is 0 Å². The molecule has 0 aliphatic rings. The monoisotopic (exact) mass is 386 g/mol. The van der Waals surface area contributed by atoms with Crippen LogP contribution in [0.1, 0.15) is 16.7 Å². The lowest BCUT2D eigenvalue weighted by atomic mass is 9.92. The number of fused-ring (bicyclic) bond motifs is 1. The van der Waals surface area contributed by atoms with Crippen LogP contribution in [0.5, 0.6) is 11.5 Å². The predicted octanol–water partition coefficient (Wildman–Crippen LogP) is 4.70. The molecule has 5 nitrogen and oxygen atoms in total. The molecule has 3 aromatic carbocycles. The lowest BCUT2D eigenvalue weighted by Gasteiger charge is -2.18. The molecule has 0 amide bonds. The van der Waals surface area contributed by atoms with Crippen molar-refractivity contribution in [1.82, 2.24) is 0 Å². The van der Waals surface area contributed by atoms with E-state index in [-0.39, 0.29) is 4.90 Å². The number of benzene rings is 3. The molecule has 0 aliphatic carbocycles. The second-order valence-electron chi connectivity index (χ2n) is 6.62. The Morgan fingerprint density at radius 1 is 0.815 bits per heavy atom. The summed E-state index contributed by atoms with van der Waals surface area (Å²) in [4.78, 5) is -0.118. The molecule has 0 fully saturated rings. The maximum Gasteiger partial charge on any atom is 0.295 e. The SMILES string of the molecule is COc1cc2c(-c3cc(C)ccc3S(=O)(=O)O)cc(C)cc2c(C)c1OC. The quantitative estimate of drug-likeness (QED) is 0.658. The second kappa shape index (κ2) is 6.87. The first-order valence-electron chi connectivity index (χ1n) is 8.41. The molecule has 0 aliphatic heterocycles. The third-order valence-corrected chi connectivity index (χ3v) is 5.61. The molecule has 0 aromatic heterocycles. The van der Waals surface area contributed by atoms with Crippen LogP contribution in [0.4, 0.5) is 0 Å². The molecule has 0 saturated carbocycles. The maximum atomic E-state index is 12.0. The molecule has 142 valence electrons. The van der Waals surface area contributed by atoms with Crippen LogP contribution in [-0.4, -0.2) is 27.2 Å². The molecule has 6 heteroatoms. The summed E-state index contributed by atoms with van der Waals surface area (Å²) in [7, 11) is -1.22. The molecule has 27 heavy (non-hydrogen) atoms. The minimum Gasteiger partial charge on any atom is -0.493 e. The van der Waals surface area contributed by atoms with Gasteiger partial charge in [0.25, 0.3) is 10.1 Å². The fourth-order valence-corrected chi connectivity index (χ4v) is 4.16. The van der Waals surface area contributed by atoms with E-state index < -0.39 is 10.1 Å². The third kappa shape index (κ3) is 3.38. The Morgan fingerprint density at radius 3 is 2.07 bits per heavy atom. The molecule has 3 rings (SSSR count). The first-order valence-corrected chi connectivity index (χ1v) is 9.85. The van der Waals surface area contributed by atoms with E-state index in [1.807, 2.05) is 39.0 Å². The predicted molar refractivity (Wildman–Crippen MR) is 107 cm³/mol. The summed E-state index contributed by atoms with van der Waals surface area (Å²) in [6, 6.07) is 10.6. The van der Waals surface area contributed by atoms with Gasteiger partial charge in [-0.15, -0.1) is 0 Å². The summed E-state index contributed by atoms with van der Waals surface area (Å²) < 4.78 is 44.6. The van der Waals surface area contributed by atoms with Gasteiger partial charge in [-0.3, -0.25) is 4.55 Å². The van der Waals surface area contributed by atoms with Crippen LogP contribution in [0.25, 0.3) is 21.9 Å². The first-order chi connectivity index (χ1) is 12.7. The van der Waals surface area contributed by atoms with Gasteiger partial charge in [-0.05, 0) is 54.8 Å². The van der Waals surface area contributed by atoms with Crippen LogP contribution in [0.2, 0.25) is 0 Å². The van der Waals surface area contributed by atoms with Gasteiger partial charge >= 0.3 is 0 Å². The van der Waals surface area contributed by atoms with Crippen molar-refractivity contribution in [3.63, 3.8) is 0 Å². The summed E-state index contributed by atoms with van der Waals surface area (Å²) in [5, 5.41) is 1.76. The molecule has 0 unspecified atom stereocenters. The van der Waals surface area contributed by atoms with Crippen molar-refractivity contribution in [3.8, 4) is 22.6 Å². The summed E-state index contributed by atoms with van der Waals surface area (Å²) in [5.41, 5.74) is 3.93. The van der Waals surface area contributed by atoms with E-state index in [0.717, 1.165) is 27.5 Å². The van der Waals surface area contributed by atoms with E-state index in [1.165, 1.54) is 6.07 Å². The standard InChI is InChI=1S/C21H22O5S/c1-12-6-7-20(27(22,23)24)18(8-12)16-10-13(2)9-15-14(3)21(26-5)19(25-4)11-17(15)16/h6-11H,1-5H3,(H,22,23,24). The fourth-order valence-electron chi connectivity index (χ4n) is 3.47. The molecule has 0 spiro atoms. The van der Waals surface area contributed by atoms with Crippen LogP contribution in [0, 0.1) is 20.8 Å². The van der Waals surface area contributed by atoms with Gasteiger partial charge in [0.1, 0.15) is 4.90 Å². The van der Waals surface area contributed by atoms with Crippen LogP contribution in [0.3, 0.4) is 0 Å². The smallest absolute Gasteiger partial charge is 0.295 e. The van der Waals surface area contributed by atoms with Crippen molar-refractivity contribution in [2.24, 2.45) is 0 Å². The van der Waals surface area contributed by atoms with E-state index in [1.54, 1.807) is 26.4 Å². The van der Waals surface area contributed by atoms with Crippen molar-refractivity contribution in [3.05, 3.63) is 53.1 Å². The number of rotatable bonds is 4. The molecule has 3 aromatic rings. The zero-order valence-electron chi connectivity index (χ0n) is 16.0. The number of ether oxygens (including phenoxy) is 2. The molecule has 0 radical (unpaired) electrons. The summed E-state index contributed by atoms with van der Waals surface area (Å²) in [6.07, 6.45) is 0. The van der Waals surface area contributed by atoms with Gasteiger partial charge in [-0.1, -0.05) is 29.8 Å². The summed E-state index contributed by atoms with van der Waals surface area (Å²) in [6.45, 7) is 5.76. The lowest BCUT2D eigenvalue weighted by Crippen LogP contribution is -2.02. The number of hydrogen-bond donors (Lipinski definition) is 1. The zero-order valence-corrected chi connectivity index (χ0v) is 16.8. The Bertz CT molecular complexity index is 1150. The Kier molecular flexibility index (Phi) is 4.88. The largest absolute Gasteiger partial charge is 0.493 e. The molecule has 0 heterocycles. The maximum absolute atomic E-state index is 12.0. The molecule has 1 N–H and O–H groups in total. The van der Waals surface area contributed by atoms with Gasteiger partial charge in [0.15, 0.2) is 11.5 Å². The highest BCUT2D eigenvalue weighted by Gasteiger charge is 2.21. The van der Waals surface area contributed by atoms with Crippen molar-refractivity contribution < 1.29 is 22.4 Å². The molecular weight excluding hydrogens is 364 g/mol. The van der Waals surface area contributed by atoms with Crippen LogP contribution in [-0.2, 0) is 10.1 Å².